The Morgan fingerprint density at radius 2 is 2.30 bits per heavy atom. The normalized spacial score (nSPS) is 10.8. The van der Waals surface area contributed by atoms with Gasteiger partial charge < -0.3 is 10.3 Å². The van der Waals surface area contributed by atoms with Gasteiger partial charge in [-0.25, -0.2) is 0 Å². The lowest BCUT2D eigenvalue weighted by Crippen LogP contribution is -1.82. The molecule has 0 aliphatic heterocycles. The van der Waals surface area contributed by atoms with E-state index in [2.05, 4.69) is 0 Å². The largest absolute Gasteiger partial charge is 0.505 e. The zero-order chi connectivity index (χ0) is 7.14. The quantitative estimate of drug-likeness (QED) is 0.568. The highest BCUT2D eigenvalue weighted by molar-refractivity contribution is 7.17. The highest BCUT2D eigenvalue weighted by atomic mass is 32.1. The number of fused-ring (bicyclic) bond motifs is 1. The summed E-state index contributed by atoms with van der Waals surface area (Å²) in [6.45, 7) is 0. The van der Waals surface area contributed by atoms with Crippen LogP contribution in [0, 0.1) is 0 Å². The maximum Gasteiger partial charge on any atom is 0.154 e. The van der Waals surface area contributed by atoms with E-state index in [-0.39, 0.29) is 5.75 Å². The fourth-order valence-corrected chi connectivity index (χ4v) is 1.71. The Morgan fingerprint density at radius 1 is 1.50 bits per heavy atom. The van der Waals surface area contributed by atoms with Crippen LogP contribution in [0.4, 0.5) is 0 Å². The SMILES string of the molecule is Oc1cn(O)c2ccsc12. The summed E-state index contributed by atoms with van der Waals surface area (Å²) >= 11 is 1.40. The van der Waals surface area contributed by atoms with E-state index in [1.165, 1.54) is 17.5 Å². The molecule has 2 aromatic heterocycles. The Kier molecular flexibility index (Phi) is 0.935. The lowest BCUT2D eigenvalue weighted by atomic mass is 10.5. The molecule has 0 bridgehead atoms. The Balaban J connectivity index is 2.98. The molecule has 0 fully saturated rings. The molecule has 0 saturated carbocycles. The maximum absolute atomic E-state index is 9.11. The molecule has 2 N–H and O–H groups in total. The minimum Gasteiger partial charge on any atom is -0.505 e. The van der Waals surface area contributed by atoms with Gasteiger partial charge in [0, 0.05) is 0 Å². The first-order valence-electron chi connectivity index (χ1n) is 2.76. The molecule has 4 heteroatoms. The molecule has 3 nitrogen and oxygen atoms in total. The summed E-state index contributed by atoms with van der Waals surface area (Å²) in [7, 11) is 0. The van der Waals surface area contributed by atoms with Crippen LogP contribution in [0.25, 0.3) is 10.2 Å². The van der Waals surface area contributed by atoms with E-state index in [9.17, 15) is 0 Å². The summed E-state index contributed by atoms with van der Waals surface area (Å²) in [6.07, 6.45) is 1.28. The van der Waals surface area contributed by atoms with E-state index in [4.69, 9.17) is 10.3 Å². The third-order valence-electron chi connectivity index (χ3n) is 1.37. The van der Waals surface area contributed by atoms with Crippen LogP contribution in [0.1, 0.15) is 0 Å². The zero-order valence-electron chi connectivity index (χ0n) is 4.98. The topological polar surface area (TPSA) is 45.4 Å². The fraction of sp³-hybridized carbons (Fsp3) is 0. The molecule has 0 unspecified atom stereocenters. The minimum absolute atomic E-state index is 0.132. The van der Waals surface area contributed by atoms with Gasteiger partial charge in [0.1, 0.15) is 5.52 Å². The standard InChI is InChI=1S/C6H5NO2S/c8-5-3-7(9)4-1-2-10-6(4)5/h1-3,8-9H. The zero-order valence-corrected chi connectivity index (χ0v) is 5.80. The van der Waals surface area contributed by atoms with Gasteiger partial charge in [-0.2, -0.15) is 4.73 Å². The third-order valence-corrected chi connectivity index (χ3v) is 2.29. The van der Waals surface area contributed by atoms with Gasteiger partial charge in [0.05, 0.1) is 10.9 Å². The Morgan fingerprint density at radius 3 is 3.00 bits per heavy atom. The van der Waals surface area contributed by atoms with Gasteiger partial charge in [0.2, 0.25) is 0 Å². The predicted octanol–water partition coefficient (Wildman–Crippen LogP) is 1.65. The van der Waals surface area contributed by atoms with Crippen LogP contribution in [0.3, 0.4) is 0 Å². The molecule has 10 heavy (non-hydrogen) atoms. The minimum atomic E-state index is 0.132. The number of thiophene rings is 1. The van der Waals surface area contributed by atoms with Gasteiger partial charge in [-0.05, 0) is 11.4 Å². The first-order chi connectivity index (χ1) is 4.79. The number of hydrogen-bond acceptors (Lipinski definition) is 3. The van der Waals surface area contributed by atoms with Gasteiger partial charge in [0.15, 0.2) is 5.75 Å². The van der Waals surface area contributed by atoms with E-state index >= 15 is 0 Å². The Bertz CT molecular complexity index is 331. The predicted molar refractivity (Wildman–Crippen MR) is 38.7 cm³/mol. The molecule has 0 spiro atoms. The van der Waals surface area contributed by atoms with Crippen molar-refractivity contribution < 1.29 is 10.3 Å². The van der Waals surface area contributed by atoms with Crippen LogP contribution in [0.5, 0.6) is 5.75 Å². The first-order valence-corrected chi connectivity index (χ1v) is 3.64. The molecule has 2 aromatic rings. The van der Waals surface area contributed by atoms with Gasteiger partial charge in [-0.1, -0.05) is 0 Å². The van der Waals surface area contributed by atoms with E-state index in [0.717, 1.165) is 9.43 Å². The van der Waals surface area contributed by atoms with E-state index in [0.29, 0.717) is 5.52 Å². The number of nitrogens with zero attached hydrogens (tertiary/aromatic N) is 1. The van der Waals surface area contributed by atoms with Crippen LogP contribution >= 0.6 is 11.3 Å². The molecule has 2 heterocycles. The lowest BCUT2D eigenvalue weighted by Gasteiger charge is -1.84. The van der Waals surface area contributed by atoms with Crippen molar-refractivity contribution in [2.45, 2.75) is 0 Å². The molecule has 0 aromatic carbocycles. The molecule has 0 radical (unpaired) electrons. The summed E-state index contributed by atoms with van der Waals surface area (Å²) in [5, 5.41) is 20.0. The molecule has 2 rings (SSSR count). The monoisotopic (exact) mass is 155 g/mol. The number of rotatable bonds is 0. The summed E-state index contributed by atoms with van der Waals surface area (Å²) < 4.78 is 1.64. The van der Waals surface area contributed by atoms with Crippen molar-refractivity contribution in [1.29, 1.82) is 0 Å². The van der Waals surface area contributed by atoms with Crippen LogP contribution < -0.4 is 0 Å². The van der Waals surface area contributed by atoms with Gasteiger partial charge >= 0.3 is 0 Å². The number of hydrogen-bond donors (Lipinski definition) is 2. The van der Waals surface area contributed by atoms with Crippen molar-refractivity contribution in [1.82, 2.24) is 4.73 Å². The average Bonchev–Trinajstić information content (AvgIpc) is 2.39. The van der Waals surface area contributed by atoms with Gasteiger partial charge in [-0.3, -0.25) is 0 Å². The second-order valence-corrected chi connectivity index (χ2v) is 2.91. The van der Waals surface area contributed by atoms with E-state index in [1.807, 2.05) is 5.38 Å². The van der Waals surface area contributed by atoms with Crippen molar-refractivity contribution >= 4 is 21.6 Å². The van der Waals surface area contributed by atoms with Gasteiger partial charge in [0.25, 0.3) is 0 Å². The lowest BCUT2D eigenvalue weighted by molar-refractivity contribution is 0.198. The van der Waals surface area contributed by atoms with Crippen molar-refractivity contribution in [2.75, 3.05) is 0 Å². The Hall–Kier alpha value is -1.16. The molecule has 52 valence electrons. The smallest absolute Gasteiger partial charge is 0.154 e. The van der Waals surface area contributed by atoms with Crippen molar-refractivity contribution in [3.8, 4) is 5.75 Å². The van der Waals surface area contributed by atoms with Crippen molar-refractivity contribution in [3.63, 3.8) is 0 Å². The molecular weight excluding hydrogens is 150 g/mol. The maximum atomic E-state index is 9.11. The molecule has 0 atom stereocenters. The summed E-state index contributed by atoms with van der Waals surface area (Å²) in [5.74, 6) is 0.132. The number of aromatic nitrogens is 1. The van der Waals surface area contributed by atoms with E-state index < -0.39 is 0 Å². The summed E-state index contributed by atoms with van der Waals surface area (Å²) in [4.78, 5) is 0. The summed E-state index contributed by atoms with van der Waals surface area (Å²) in [5.41, 5.74) is 0.655. The molecule has 0 aliphatic carbocycles. The van der Waals surface area contributed by atoms with Crippen molar-refractivity contribution in [3.05, 3.63) is 17.6 Å². The highest BCUT2D eigenvalue weighted by Crippen LogP contribution is 2.30. The average molecular weight is 155 g/mol. The van der Waals surface area contributed by atoms with Gasteiger partial charge in [-0.15, -0.1) is 11.3 Å². The molecule has 0 amide bonds. The fourth-order valence-electron chi connectivity index (χ4n) is 0.919. The third kappa shape index (κ3) is 0.537. The Labute approximate surface area is 60.7 Å². The molecule has 0 aliphatic rings. The molecule has 0 saturated heterocycles. The van der Waals surface area contributed by atoms with Crippen LogP contribution in [0.15, 0.2) is 17.6 Å². The van der Waals surface area contributed by atoms with Crippen LogP contribution in [-0.2, 0) is 0 Å². The van der Waals surface area contributed by atoms with Crippen LogP contribution in [-0.4, -0.2) is 15.0 Å². The molecular formula is C6H5NO2S. The van der Waals surface area contributed by atoms with E-state index in [1.54, 1.807) is 6.07 Å². The van der Waals surface area contributed by atoms with Crippen molar-refractivity contribution in [2.24, 2.45) is 0 Å². The number of aromatic hydroxyl groups is 1. The first kappa shape index (κ1) is 5.61. The van der Waals surface area contributed by atoms with Crippen LogP contribution in [0.2, 0.25) is 0 Å². The summed E-state index contributed by atoms with van der Waals surface area (Å²) in [6, 6.07) is 1.75. The second-order valence-electron chi connectivity index (χ2n) is 1.99. The highest BCUT2D eigenvalue weighted by Gasteiger charge is 2.06. The second kappa shape index (κ2) is 1.67.